The van der Waals surface area contributed by atoms with Gasteiger partial charge in [-0.05, 0) is 94.5 Å². The van der Waals surface area contributed by atoms with E-state index in [0.717, 1.165) is 30.4 Å². The first-order chi connectivity index (χ1) is 24.0. The number of hydrogen-bond acceptors (Lipinski definition) is 7. The Labute approximate surface area is 302 Å². The SMILES string of the molecule is CC(=O)Cc1ccc(C(=O)N2CCN(C(=O)[C@@H](CC(=O)[C@H](C)N(C)C(=O)OC(C)(C)C)C(C)C)[C@H](C(=O)C[C@@H]3CCCc4ccccc43)C2)cc1. The summed E-state index contributed by atoms with van der Waals surface area (Å²) in [4.78, 5) is 84.9. The van der Waals surface area contributed by atoms with Crippen LogP contribution in [0.25, 0.3) is 0 Å². The standard InChI is InChI=1S/C41H55N3O7/c1-26(2)34(24-36(46)28(4)42(8)40(50)51-41(5,6)7)39(49)44-21-20-43(38(48)31-18-16-29(17-19-31)22-27(3)45)25-35(44)37(47)23-32-14-11-13-30-12-9-10-15-33(30)32/h9-10,12,15-19,26,28,32,34-35H,11,13-14,20-25H2,1-8H3/t28-,32-,34-,35-/m0/s1. The first kappa shape index (κ1) is 39.4. The van der Waals surface area contributed by atoms with E-state index in [-0.39, 0.29) is 79.9 Å². The van der Waals surface area contributed by atoms with Gasteiger partial charge >= 0.3 is 6.09 Å². The molecule has 10 heteroatoms. The zero-order valence-corrected chi connectivity index (χ0v) is 31.6. The summed E-state index contributed by atoms with van der Waals surface area (Å²) in [5.41, 5.74) is 2.94. The third kappa shape index (κ3) is 10.1. The van der Waals surface area contributed by atoms with Crippen molar-refractivity contribution in [2.24, 2.45) is 11.8 Å². The Hall–Kier alpha value is -4.34. The molecule has 2 aromatic carbocycles. The highest BCUT2D eigenvalue weighted by Crippen LogP contribution is 2.35. The van der Waals surface area contributed by atoms with Crippen LogP contribution in [0.3, 0.4) is 0 Å². The maximum atomic E-state index is 14.5. The van der Waals surface area contributed by atoms with Crippen LogP contribution in [0.2, 0.25) is 0 Å². The lowest BCUT2D eigenvalue weighted by Gasteiger charge is -2.43. The summed E-state index contributed by atoms with van der Waals surface area (Å²) < 4.78 is 5.45. The van der Waals surface area contributed by atoms with Gasteiger partial charge in [-0.2, -0.15) is 0 Å². The van der Waals surface area contributed by atoms with Crippen LogP contribution in [0.1, 0.15) is 107 Å². The van der Waals surface area contributed by atoms with Gasteiger partial charge in [0.1, 0.15) is 17.4 Å². The summed E-state index contributed by atoms with van der Waals surface area (Å²) in [6.07, 6.45) is 2.61. The predicted octanol–water partition coefficient (Wildman–Crippen LogP) is 6.04. The van der Waals surface area contributed by atoms with Gasteiger partial charge in [-0.1, -0.05) is 50.2 Å². The van der Waals surface area contributed by atoms with Gasteiger partial charge < -0.3 is 19.4 Å². The van der Waals surface area contributed by atoms with Gasteiger partial charge in [-0.3, -0.25) is 24.0 Å². The maximum absolute atomic E-state index is 14.5. The van der Waals surface area contributed by atoms with E-state index >= 15 is 0 Å². The van der Waals surface area contributed by atoms with Crippen molar-refractivity contribution >= 4 is 35.3 Å². The molecule has 0 radical (unpaired) electrons. The number of ketones is 3. The topological polar surface area (TPSA) is 121 Å². The van der Waals surface area contributed by atoms with Crippen molar-refractivity contribution in [1.82, 2.24) is 14.7 Å². The number of carbonyl (C=O) groups excluding carboxylic acids is 6. The second-order valence-corrected chi connectivity index (χ2v) is 15.6. The zero-order chi connectivity index (χ0) is 37.6. The molecule has 3 amide bonds. The second-order valence-electron chi connectivity index (χ2n) is 15.6. The third-order valence-corrected chi connectivity index (χ3v) is 10.2. The fourth-order valence-corrected chi connectivity index (χ4v) is 7.10. The second kappa shape index (κ2) is 16.8. The zero-order valence-electron chi connectivity index (χ0n) is 31.6. The Balaban J connectivity index is 1.57. The molecule has 0 aromatic heterocycles. The largest absolute Gasteiger partial charge is 0.444 e. The van der Waals surface area contributed by atoms with Crippen LogP contribution < -0.4 is 0 Å². The van der Waals surface area contributed by atoms with Crippen LogP contribution in [0.5, 0.6) is 0 Å². The van der Waals surface area contributed by atoms with E-state index in [1.807, 2.05) is 26.0 Å². The Morgan fingerprint density at radius 3 is 2.24 bits per heavy atom. The molecule has 1 aliphatic heterocycles. The van der Waals surface area contributed by atoms with Gasteiger partial charge in [-0.25, -0.2) is 4.79 Å². The molecular formula is C41H55N3O7. The van der Waals surface area contributed by atoms with Crippen LogP contribution in [-0.2, 0) is 36.8 Å². The molecule has 276 valence electrons. The third-order valence-electron chi connectivity index (χ3n) is 10.2. The highest BCUT2D eigenvalue weighted by molar-refractivity contribution is 5.97. The van der Waals surface area contributed by atoms with Crippen LogP contribution in [-0.4, -0.2) is 94.3 Å². The molecule has 0 bridgehead atoms. The minimum atomic E-state index is -0.875. The first-order valence-electron chi connectivity index (χ1n) is 18.2. The molecule has 2 aromatic rings. The van der Waals surface area contributed by atoms with Crippen molar-refractivity contribution in [1.29, 1.82) is 0 Å². The molecule has 2 aliphatic rings. The Morgan fingerprint density at radius 1 is 0.941 bits per heavy atom. The summed E-state index contributed by atoms with van der Waals surface area (Å²) in [5, 5.41) is 0. The van der Waals surface area contributed by atoms with E-state index in [0.29, 0.717) is 5.56 Å². The Morgan fingerprint density at radius 2 is 1.61 bits per heavy atom. The molecule has 0 unspecified atom stereocenters. The van der Waals surface area contributed by atoms with Gasteiger partial charge in [0.2, 0.25) is 5.91 Å². The summed E-state index contributed by atoms with van der Waals surface area (Å²) in [7, 11) is 1.51. The molecule has 51 heavy (non-hydrogen) atoms. The molecular weight excluding hydrogens is 646 g/mol. The number of ether oxygens (including phenoxy) is 1. The normalized spacial score (nSPS) is 18.8. The fourth-order valence-electron chi connectivity index (χ4n) is 7.10. The molecule has 0 N–H and O–H groups in total. The number of aryl methyl sites for hydroxylation is 1. The number of piperazine rings is 1. The van der Waals surface area contributed by atoms with Crippen molar-refractivity contribution < 1.29 is 33.5 Å². The molecule has 4 atom stereocenters. The van der Waals surface area contributed by atoms with Crippen molar-refractivity contribution in [3.8, 4) is 0 Å². The van der Waals surface area contributed by atoms with E-state index < -0.39 is 29.7 Å². The quantitative estimate of drug-likeness (QED) is 0.265. The molecule has 10 nitrogen and oxygen atoms in total. The molecule has 1 heterocycles. The van der Waals surface area contributed by atoms with E-state index in [9.17, 15) is 28.8 Å². The van der Waals surface area contributed by atoms with Crippen molar-refractivity contribution in [2.75, 3.05) is 26.7 Å². The minimum Gasteiger partial charge on any atom is -0.444 e. The van der Waals surface area contributed by atoms with Crippen molar-refractivity contribution in [2.45, 2.75) is 111 Å². The smallest absolute Gasteiger partial charge is 0.410 e. The fraction of sp³-hybridized carbons (Fsp3) is 0.561. The average Bonchev–Trinajstić information content (AvgIpc) is 3.08. The number of rotatable bonds is 12. The van der Waals surface area contributed by atoms with E-state index in [1.165, 1.54) is 24.4 Å². The number of Topliss-reactive ketones (excluding diaryl/α,β-unsaturated/α-hetero) is 3. The molecule has 4 rings (SSSR count). The molecule has 0 saturated carbocycles. The summed E-state index contributed by atoms with van der Waals surface area (Å²) in [6, 6.07) is 13.4. The number of amides is 3. The molecule has 1 aliphatic carbocycles. The lowest BCUT2D eigenvalue weighted by molar-refractivity contribution is -0.148. The maximum Gasteiger partial charge on any atom is 0.410 e. The van der Waals surface area contributed by atoms with Gasteiger partial charge in [0.05, 0.1) is 6.04 Å². The predicted molar refractivity (Wildman–Crippen MR) is 195 cm³/mol. The minimum absolute atomic E-state index is 0.0195. The van der Waals surface area contributed by atoms with Gasteiger partial charge in [0.15, 0.2) is 11.6 Å². The number of nitrogens with zero attached hydrogens (tertiary/aromatic N) is 3. The molecule has 1 saturated heterocycles. The highest BCUT2D eigenvalue weighted by atomic mass is 16.6. The van der Waals surface area contributed by atoms with Gasteiger partial charge in [0.25, 0.3) is 5.91 Å². The van der Waals surface area contributed by atoms with Crippen LogP contribution in [0, 0.1) is 11.8 Å². The van der Waals surface area contributed by atoms with Crippen LogP contribution in [0.4, 0.5) is 4.79 Å². The molecule has 0 spiro atoms. The highest BCUT2D eigenvalue weighted by Gasteiger charge is 2.42. The number of benzene rings is 2. The van der Waals surface area contributed by atoms with E-state index in [4.69, 9.17) is 4.74 Å². The lowest BCUT2D eigenvalue weighted by atomic mass is 9.79. The average molecular weight is 702 g/mol. The van der Waals surface area contributed by atoms with E-state index in [2.05, 4.69) is 12.1 Å². The van der Waals surface area contributed by atoms with E-state index in [1.54, 1.807) is 61.8 Å². The van der Waals surface area contributed by atoms with Crippen LogP contribution in [0.15, 0.2) is 48.5 Å². The van der Waals surface area contributed by atoms with Crippen LogP contribution >= 0.6 is 0 Å². The monoisotopic (exact) mass is 701 g/mol. The van der Waals surface area contributed by atoms with Crippen molar-refractivity contribution in [3.63, 3.8) is 0 Å². The van der Waals surface area contributed by atoms with Gasteiger partial charge in [0, 0.05) is 57.4 Å². The first-order valence-corrected chi connectivity index (χ1v) is 18.2. The van der Waals surface area contributed by atoms with Crippen molar-refractivity contribution in [3.05, 3.63) is 70.8 Å². The number of carbonyl (C=O) groups is 6. The number of fused-ring (bicyclic) bond motifs is 1. The Kier molecular flexibility index (Phi) is 13.0. The molecule has 1 fully saturated rings. The number of hydrogen-bond donors (Lipinski definition) is 0. The summed E-state index contributed by atoms with van der Waals surface area (Å²) in [5.74, 6) is -1.83. The summed E-state index contributed by atoms with van der Waals surface area (Å²) in [6.45, 7) is 12.6. The Bertz CT molecular complexity index is 1610. The number of likely N-dealkylation sites (N-methyl/N-ethyl adjacent to an activating group) is 1. The summed E-state index contributed by atoms with van der Waals surface area (Å²) >= 11 is 0. The lowest BCUT2D eigenvalue weighted by Crippen LogP contribution is -2.61. The van der Waals surface area contributed by atoms with Gasteiger partial charge in [-0.15, -0.1) is 0 Å².